The van der Waals surface area contributed by atoms with Gasteiger partial charge in [0.05, 0.1) is 0 Å². The van der Waals surface area contributed by atoms with E-state index >= 15 is 0 Å². The van der Waals surface area contributed by atoms with Gasteiger partial charge in [0.1, 0.15) is 0 Å². The van der Waals surface area contributed by atoms with Gasteiger partial charge < -0.3 is 10.6 Å². The molecule has 1 aliphatic heterocycles. The molecule has 1 saturated heterocycles. The highest BCUT2D eigenvalue weighted by atomic mass is 15.0. The van der Waals surface area contributed by atoms with Gasteiger partial charge >= 0.3 is 0 Å². The fourth-order valence-electron chi connectivity index (χ4n) is 2.25. The highest BCUT2D eigenvalue weighted by molar-refractivity contribution is 5.48. The van der Waals surface area contributed by atoms with Crippen LogP contribution in [-0.2, 0) is 0 Å². The number of hydrogen-bond donors (Lipinski definition) is 2. The molecule has 2 N–H and O–H groups in total. The van der Waals surface area contributed by atoms with E-state index in [1.54, 1.807) is 0 Å². The predicted octanol–water partition coefficient (Wildman–Crippen LogP) is 2.47. The second-order valence-electron chi connectivity index (χ2n) is 4.55. The Morgan fingerprint density at radius 3 is 2.60 bits per heavy atom. The Morgan fingerprint density at radius 2 is 2.00 bits per heavy atom. The number of hydrogen-bond acceptors (Lipinski definition) is 2. The first-order valence-electron chi connectivity index (χ1n) is 5.79. The second kappa shape index (κ2) is 4.67. The monoisotopic (exact) mass is 204 g/mol. The quantitative estimate of drug-likeness (QED) is 0.790. The van der Waals surface area contributed by atoms with E-state index in [0.29, 0.717) is 6.04 Å². The van der Waals surface area contributed by atoms with Gasteiger partial charge in [-0.1, -0.05) is 6.07 Å². The molecule has 0 saturated carbocycles. The molecule has 0 radical (unpaired) electrons. The molecule has 1 fully saturated rings. The van der Waals surface area contributed by atoms with Crippen LogP contribution in [0.4, 0.5) is 5.69 Å². The van der Waals surface area contributed by atoms with Crippen LogP contribution in [0.25, 0.3) is 0 Å². The Labute approximate surface area is 92.1 Å². The van der Waals surface area contributed by atoms with Gasteiger partial charge in [0.25, 0.3) is 0 Å². The second-order valence-corrected chi connectivity index (χ2v) is 4.55. The van der Waals surface area contributed by atoms with Gasteiger partial charge in [0, 0.05) is 18.3 Å². The topological polar surface area (TPSA) is 24.1 Å². The third kappa shape index (κ3) is 2.96. The molecule has 1 aromatic carbocycles. The fourth-order valence-corrected chi connectivity index (χ4v) is 2.25. The standard InChI is InChI=1S/C13H20N2/c1-10-6-11(2)8-13(7-10)15-9-12-4-3-5-14-12/h6-8,12,14-15H,3-5,9H2,1-2H3/t12-/m0/s1. The molecule has 2 nitrogen and oxygen atoms in total. The molecule has 0 unspecified atom stereocenters. The SMILES string of the molecule is Cc1cc(C)cc(NC[C@@H]2CCCN2)c1. The summed E-state index contributed by atoms with van der Waals surface area (Å²) in [6.07, 6.45) is 2.62. The Hall–Kier alpha value is -1.02. The molecular weight excluding hydrogens is 184 g/mol. The summed E-state index contributed by atoms with van der Waals surface area (Å²) in [7, 11) is 0. The lowest BCUT2D eigenvalue weighted by molar-refractivity contribution is 0.633. The lowest BCUT2D eigenvalue weighted by Crippen LogP contribution is -2.29. The third-order valence-electron chi connectivity index (χ3n) is 2.94. The van der Waals surface area contributed by atoms with Crippen LogP contribution in [0, 0.1) is 13.8 Å². The molecule has 1 aromatic rings. The fraction of sp³-hybridized carbons (Fsp3) is 0.538. The van der Waals surface area contributed by atoms with Gasteiger partial charge in [-0.15, -0.1) is 0 Å². The Kier molecular flexibility index (Phi) is 3.27. The molecule has 0 bridgehead atoms. The summed E-state index contributed by atoms with van der Waals surface area (Å²) in [4.78, 5) is 0. The number of benzene rings is 1. The highest BCUT2D eigenvalue weighted by Gasteiger charge is 2.12. The van der Waals surface area contributed by atoms with Crippen molar-refractivity contribution in [2.24, 2.45) is 0 Å². The molecule has 0 spiro atoms. The number of rotatable bonds is 3. The summed E-state index contributed by atoms with van der Waals surface area (Å²) >= 11 is 0. The lowest BCUT2D eigenvalue weighted by atomic mass is 10.1. The van der Waals surface area contributed by atoms with Crippen LogP contribution in [0.5, 0.6) is 0 Å². The van der Waals surface area contributed by atoms with Crippen LogP contribution < -0.4 is 10.6 Å². The molecule has 0 aliphatic carbocycles. The van der Waals surface area contributed by atoms with E-state index in [1.165, 1.54) is 36.2 Å². The van der Waals surface area contributed by atoms with Crippen molar-refractivity contribution in [3.8, 4) is 0 Å². The molecule has 82 valence electrons. The van der Waals surface area contributed by atoms with E-state index in [-0.39, 0.29) is 0 Å². The van der Waals surface area contributed by atoms with E-state index in [2.05, 4.69) is 42.7 Å². The minimum absolute atomic E-state index is 0.658. The highest BCUT2D eigenvalue weighted by Crippen LogP contribution is 2.14. The summed E-state index contributed by atoms with van der Waals surface area (Å²) in [5.74, 6) is 0. The zero-order chi connectivity index (χ0) is 10.7. The summed E-state index contributed by atoms with van der Waals surface area (Å²) in [6, 6.07) is 7.29. The maximum Gasteiger partial charge on any atom is 0.0346 e. The molecule has 2 heteroatoms. The zero-order valence-electron chi connectivity index (χ0n) is 9.64. The van der Waals surface area contributed by atoms with Crippen LogP contribution >= 0.6 is 0 Å². The minimum Gasteiger partial charge on any atom is -0.383 e. The van der Waals surface area contributed by atoms with Crippen LogP contribution in [-0.4, -0.2) is 19.1 Å². The normalized spacial score (nSPS) is 20.5. The van der Waals surface area contributed by atoms with Crippen molar-refractivity contribution in [2.45, 2.75) is 32.7 Å². The molecule has 1 aliphatic rings. The molecule has 1 atom stereocenters. The number of anilines is 1. The maximum absolute atomic E-state index is 3.51. The minimum atomic E-state index is 0.658. The van der Waals surface area contributed by atoms with E-state index < -0.39 is 0 Å². The van der Waals surface area contributed by atoms with Gasteiger partial charge in [-0.2, -0.15) is 0 Å². The molecule has 2 rings (SSSR count). The van der Waals surface area contributed by atoms with Crippen molar-refractivity contribution in [1.82, 2.24) is 5.32 Å². The first kappa shape index (κ1) is 10.5. The van der Waals surface area contributed by atoms with E-state index in [9.17, 15) is 0 Å². The van der Waals surface area contributed by atoms with Gasteiger partial charge in [0.15, 0.2) is 0 Å². The van der Waals surface area contributed by atoms with Crippen LogP contribution in [0.3, 0.4) is 0 Å². The smallest absolute Gasteiger partial charge is 0.0346 e. The van der Waals surface area contributed by atoms with Crippen molar-refractivity contribution < 1.29 is 0 Å². The van der Waals surface area contributed by atoms with Crippen molar-refractivity contribution >= 4 is 5.69 Å². The number of aryl methyl sites for hydroxylation is 2. The van der Waals surface area contributed by atoms with Crippen molar-refractivity contribution in [3.63, 3.8) is 0 Å². The van der Waals surface area contributed by atoms with Gasteiger partial charge in [-0.25, -0.2) is 0 Å². The van der Waals surface area contributed by atoms with Gasteiger partial charge in [0.2, 0.25) is 0 Å². The van der Waals surface area contributed by atoms with Gasteiger partial charge in [-0.05, 0) is 56.5 Å². The molecular formula is C13H20N2. The van der Waals surface area contributed by atoms with Crippen molar-refractivity contribution in [2.75, 3.05) is 18.4 Å². The molecule has 1 heterocycles. The largest absolute Gasteiger partial charge is 0.383 e. The lowest BCUT2D eigenvalue weighted by Gasteiger charge is -2.13. The maximum atomic E-state index is 3.51. The third-order valence-corrected chi connectivity index (χ3v) is 2.94. The first-order valence-corrected chi connectivity index (χ1v) is 5.79. The average molecular weight is 204 g/mol. The number of nitrogens with one attached hydrogen (secondary N) is 2. The first-order chi connectivity index (χ1) is 7.24. The average Bonchev–Trinajstić information content (AvgIpc) is 2.65. The predicted molar refractivity (Wildman–Crippen MR) is 65.4 cm³/mol. The molecule has 0 amide bonds. The summed E-state index contributed by atoms with van der Waals surface area (Å²) in [5, 5.41) is 7.00. The van der Waals surface area contributed by atoms with E-state index in [0.717, 1.165) is 6.54 Å². The van der Waals surface area contributed by atoms with Gasteiger partial charge in [-0.3, -0.25) is 0 Å². The molecule has 15 heavy (non-hydrogen) atoms. The molecule has 0 aromatic heterocycles. The summed E-state index contributed by atoms with van der Waals surface area (Å²) in [5.41, 5.74) is 3.91. The van der Waals surface area contributed by atoms with Crippen molar-refractivity contribution in [1.29, 1.82) is 0 Å². The van der Waals surface area contributed by atoms with E-state index in [4.69, 9.17) is 0 Å². The van der Waals surface area contributed by atoms with Crippen LogP contribution in [0.1, 0.15) is 24.0 Å². The summed E-state index contributed by atoms with van der Waals surface area (Å²) < 4.78 is 0. The van der Waals surface area contributed by atoms with Crippen LogP contribution in [0.2, 0.25) is 0 Å². The van der Waals surface area contributed by atoms with E-state index in [1.807, 2.05) is 0 Å². The Balaban J connectivity index is 1.92. The Bertz CT molecular complexity index is 307. The van der Waals surface area contributed by atoms with Crippen molar-refractivity contribution in [3.05, 3.63) is 29.3 Å². The Morgan fingerprint density at radius 1 is 1.27 bits per heavy atom. The van der Waals surface area contributed by atoms with Crippen LogP contribution in [0.15, 0.2) is 18.2 Å². The summed E-state index contributed by atoms with van der Waals surface area (Å²) in [6.45, 7) is 6.51. The zero-order valence-corrected chi connectivity index (χ0v) is 9.64.